The van der Waals surface area contributed by atoms with E-state index < -0.39 is 32.1 Å². The number of anilines is 3. The van der Waals surface area contributed by atoms with E-state index in [1.165, 1.54) is 42.5 Å². The van der Waals surface area contributed by atoms with Crippen LogP contribution in [0.4, 0.5) is 17.1 Å². The summed E-state index contributed by atoms with van der Waals surface area (Å²) in [6, 6.07) is 16.3. The molecular weight excluding hydrogens is 537 g/mol. The number of carbonyl (C=O) groups is 1. The zero-order valence-electron chi connectivity index (χ0n) is 18.1. The Kier molecular flexibility index (Phi) is 6.87. The van der Waals surface area contributed by atoms with Gasteiger partial charge in [0.2, 0.25) is 10.0 Å². The van der Waals surface area contributed by atoms with Gasteiger partial charge in [-0.15, -0.1) is 0 Å². The third-order valence-corrected chi connectivity index (χ3v) is 8.11. The van der Waals surface area contributed by atoms with Crippen LogP contribution in [0, 0.1) is 0 Å². The highest BCUT2D eigenvalue weighted by Gasteiger charge is 2.35. The number of rotatable bonds is 6. The Bertz CT molecular complexity index is 1500. The predicted octanol–water partition coefficient (Wildman–Crippen LogP) is 3.96. The average Bonchev–Trinajstić information content (AvgIpc) is 2.80. The van der Waals surface area contributed by atoms with Crippen molar-refractivity contribution in [2.24, 2.45) is 0 Å². The summed E-state index contributed by atoms with van der Waals surface area (Å²) in [5.74, 6) is -0.326. The zero-order valence-corrected chi connectivity index (χ0v) is 21.2. The van der Waals surface area contributed by atoms with E-state index in [1.807, 2.05) is 0 Å². The fraction of sp³-hybridized carbons (Fsp3) is 0.136. The molecule has 0 radical (unpaired) electrons. The maximum absolute atomic E-state index is 12.8. The summed E-state index contributed by atoms with van der Waals surface area (Å²) in [4.78, 5) is 12.8. The third kappa shape index (κ3) is 5.64. The van der Waals surface area contributed by atoms with Crippen molar-refractivity contribution in [3.8, 4) is 5.75 Å². The molecule has 1 aliphatic rings. The van der Waals surface area contributed by atoms with E-state index in [-0.39, 0.29) is 27.9 Å². The number of benzene rings is 3. The number of carbonyl (C=O) groups excluding carboxylic acids is 1. The SMILES string of the molecule is CS(=O)(=O)N1CC(C(=O)Nc2ccc(S(=O)(=O)Nc3ccc(Cl)cc3Cl)cc2)Oc2ccccc21. The second-order valence-electron chi connectivity index (χ2n) is 7.61. The van der Waals surface area contributed by atoms with Crippen LogP contribution in [-0.2, 0) is 24.8 Å². The first-order chi connectivity index (χ1) is 16.4. The lowest BCUT2D eigenvalue weighted by molar-refractivity contribution is -0.122. The van der Waals surface area contributed by atoms with Crippen LogP contribution in [0.2, 0.25) is 10.0 Å². The number of para-hydroxylation sites is 2. The molecule has 1 heterocycles. The average molecular weight is 556 g/mol. The Morgan fingerprint density at radius 1 is 1.00 bits per heavy atom. The van der Waals surface area contributed by atoms with E-state index in [1.54, 1.807) is 24.3 Å². The molecule has 0 fully saturated rings. The van der Waals surface area contributed by atoms with Crippen LogP contribution in [0.25, 0.3) is 0 Å². The molecule has 0 aliphatic carbocycles. The minimum atomic E-state index is -3.96. The van der Waals surface area contributed by atoms with Gasteiger partial charge in [0.1, 0.15) is 5.75 Å². The summed E-state index contributed by atoms with van der Waals surface area (Å²) in [5, 5.41) is 3.13. The van der Waals surface area contributed by atoms with Gasteiger partial charge in [0.15, 0.2) is 6.10 Å². The van der Waals surface area contributed by atoms with Crippen LogP contribution in [0.15, 0.2) is 71.6 Å². The molecule has 1 unspecified atom stereocenters. The van der Waals surface area contributed by atoms with Crippen LogP contribution in [0.3, 0.4) is 0 Å². The van der Waals surface area contributed by atoms with E-state index >= 15 is 0 Å². The fourth-order valence-corrected chi connectivity index (χ4v) is 5.87. The first-order valence-electron chi connectivity index (χ1n) is 10.1. The number of amides is 1. The molecule has 35 heavy (non-hydrogen) atoms. The minimum absolute atomic E-state index is 0.0624. The highest BCUT2D eigenvalue weighted by molar-refractivity contribution is 7.92. The van der Waals surface area contributed by atoms with Crippen LogP contribution in [-0.4, -0.2) is 41.6 Å². The number of nitrogens with zero attached hydrogens (tertiary/aromatic N) is 1. The molecule has 1 amide bonds. The molecule has 184 valence electrons. The topological polar surface area (TPSA) is 122 Å². The highest BCUT2D eigenvalue weighted by atomic mass is 35.5. The van der Waals surface area contributed by atoms with Crippen molar-refractivity contribution in [1.29, 1.82) is 0 Å². The summed E-state index contributed by atoms with van der Waals surface area (Å²) in [5.41, 5.74) is 0.812. The first kappa shape index (κ1) is 25.1. The van der Waals surface area contributed by atoms with Crippen molar-refractivity contribution in [1.82, 2.24) is 0 Å². The van der Waals surface area contributed by atoms with Crippen molar-refractivity contribution >= 4 is 66.2 Å². The standard InChI is InChI=1S/C22H19Cl2N3O6S2/c1-34(29,30)27-13-21(33-20-5-3-2-4-19(20)27)22(28)25-15-7-9-16(10-8-15)35(31,32)26-18-11-6-14(23)12-17(18)24/h2-12,21,26H,13H2,1H3,(H,25,28). The van der Waals surface area contributed by atoms with E-state index in [9.17, 15) is 21.6 Å². The van der Waals surface area contributed by atoms with E-state index in [2.05, 4.69) is 10.0 Å². The smallest absolute Gasteiger partial charge is 0.267 e. The molecule has 9 nitrogen and oxygen atoms in total. The second-order valence-corrected chi connectivity index (χ2v) is 12.0. The Morgan fingerprint density at radius 3 is 2.34 bits per heavy atom. The largest absolute Gasteiger partial charge is 0.476 e. The Morgan fingerprint density at radius 2 is 1.69 bits per heavy atom. The lowest BCUT2D eigenvalue weighted by Gasteiger charge is -2.33. The molecule has 13 heteroatoms. The third-order valence-electron chi connectivity index (χ3n) is 5.04. The quantitative estimate of drug-likeness (QED) is 0.474. The van der Waals surface area contributed by atoms with Gasteiger partial charge in [-0.1, -0.05) is 35.3 Å². The van der Waals surface area contributed by atoms with Crippen molar-refractivity contribution < 1.29 is 26.4 Å². The summed E-state index contributed by atoms with van der Waals surface area (Å²) < 4.78 is 59.1. The molecule has 0 aromatic heterocycles. The number of hydrogen-bond donors (Lipinski definition) is 2. The lowest BCUT2D eigenvalue weighted by atomic mass is 10.2. The maximum atomic E-state index is 12.8. The molecule has 1 atom stereocenters. The Hall–Kier alpha value is -2.99. The highest BCUT2D eigenvalue weighted by Crippen LogP contribution is 2.35. The van der Waals surface area contributed by atoms with Crippen LogP contribution in [0.5, 0.6) is 5.75 Å². The van der Waals surface area contributed by atoms with Crippen LogP contribution >= 0.6 is 23.2 Å². The number of nitrogens with one attached hydrogen (secondary N) is 2. The van der Waals surface area contributed by atoms with Crippen LogP contribution in [0.1, 0.15) is 0 Å². The zero-order chi connectivity index (χ0) is 25.4. The number of halogens is 2. The van der Waals surface area contributed by atoms with E-state index in [0.29, 0.717) is 16.4 Å². The predicted molar refractivity (Wildman–Crippen MR) is 135 cm³/mol. The molecule has 0 saturated heterocycles. The van der Waals surface area contributed by atoms with E-state index in [4.69, 9.17) is 27.9 Å². The molecule has 3 aromatic rings. The molecule has 0 saturated carbocycles. The van der Waals surface area contributed by atoms with Gasteiger partial charge >= 0.3 is 0 Å². The molecule has 3 aromatic carbocycles. The fourth-order valence-electron chi connectivity index (χ4n) is 3.37. The number of fused-ring (bicyclic) bond motifs is 1. The Balaban J connectivity index is 1.48. The lowest BCUT2D eigenvalue weighted by Crippen LogP contribution is -2.48. The molecular formula is C22H19Cl2N3O6S2. The molecule has 0 spiro atoms. The van der Waals surface area contributed by atoms with Gasteiger partial charge in [0.05, 0.1) is 34.1 Å². The first-order valence-corrected chi connectivity index (χ1v) is 14.1. The molecule has 0 bridgehead atoms. The normalized spacial score (nSPS) is 15.6. The van der Waals surface area contributed by atoms with Crippen LogP contribution < -0.4 is 19.1 Å². The van der Waals surface area contributed by atoms with Crippen molar-refractivity contribution in [2.75, 3.05) is 27.1 Å². The maximum Gasteiger partial charge on any atom is 0.267 e. The number of hydrogen-bond acceptors (Lipinski definition) is 6. The molecule has 2 N–H and O–H groups in total. The summed E-state index contributed by atoms with van der Waals surface area (Å²) >= 11 is 11.9. The summed E-state index contributed by atoms with van der Waals surface area (Å²) in [7, 11) is -7.61. The summed E-state index contributed by atoms with van der Waals surface area (Å²) in [6.07, 6.45) is -0.0640. The van der Waals surface area contributed by atoms with Gasteiger partial charge in [0.25, 0.3) is 15.9 Å². The number of ether oxygens (including phenoxy) is 1. The van der Waals surface area contributed by atoms with Gasteiger partial charge in [-0.3, -0.25) is 13.8 Å². The van der Waals surface area contributed by atoms with Crippen molar-refractivity contribution in [3.05, 3.63) is 76.8 Å². The van der Waals surface area contributed by atoms with Gasteiger partial charge in [0, 0.05) is 10.7 Å². The monoisotopic (exact) mass is 555 g/mol. The van der Waals surface area contributed by atoms with Gasteiger partial charge < -0.3 is 10.1 Å². The van der Waals surface area contributed by atoms with Gasteiger partial charge in [-0.2, -0.15) is 0 Å². The van der Waals surface area contributed by atoms with Crippen molar-refractivity contribution in [2.45, 2.75) is 11.0 Å². The van der Waals surface area contributed by atoms with Crippen molar-refractivity contribution in [3.63, 3.8) is 0 Å². The molecule has 4 rings (SSSR count). The Labute approximate surface area is 212 Å². The second kappa shape index (κ2) is 9.57. The molecule has 1 aliphatic heterocycles. The minimum Gasteiger partial charge on any atom is -0.476 e. The van der Waals surface area contributed by atoms with Gasteiger partial charge in [-0.25, -0.2) is 16.8 Å². The number of sulfonamides is 2. The summed E-state index contributed by atoms with van der Waals surface area (Å²) in [6.45, 7) is -0.208. The van der Waals surface area contributed by atoms with E-state index in [0.717, 1.165) is 10.6 Å². The van der Waals surface area contributed by atoms with Gasteiger partial charge in [-0.05, 0) is 54.6 Å².